The van der Waals surface area contributed by atoms with Crippen molar-refractivity contribution in [2.24, 2.45) is 5.41 Å². The van der Waals surface area contributed by atoms with Crippen molar-refractivity contribution in [3.63, 3.8) is 0 Å². The van der Waals surface area contributed by atoms with Gasteiger partial charge >= 0.3 is 0 Å². The van der Waals surface area contributed by atoms with Crippen LogP contribution in [0.2, 0.25) is 0 Å². The molecule has 1 fully saturated rings. The van der Waals surface area contributed by atoms with Gasteiger partial charge in [-0.15, -0.1) is 0 Å². The van der Waals surface area contributed by atoms with E-state index < -0.39 is 0 Å². The van der Waals surface area contributed by atoms with Gasteiger partial charge in [0.1, 0.15) is 0 Å². The van der Waals surface area contributed by atoms with Crippen LogP contribution in [0.1, 0.15) is 47.5 Å². The molecule has 15 heavy (non-hydrogen) atoms. The van der Waals surface area contributed by atoms with Crippen LogP contribution in [-0.4, -0.2) is 36.7 Å². The Morgan fingerprint density at radius 2 is 1.67 bits per heavy atom. The van der Waals surface area contributed by atoms with Crippen molar-refractivity contribution >= 4 is 0 Å². The van der Waals surface area contributed by atoms with Gasteiger partial charge in [-0.1, -0.05) is 20.8 Å². The van der Waals surface area contributed by atoms with Crippen molar-refractivity contribution in [3.8, 4) is 0 Å². The number of ether oxygens (including phenoxy) is 1. The van der Waals surface area contributed by atoms with Crippen LogP contribution in [0.3, 0.4) is 0 Å². The Bertz CT molecular complexity index is 175. The molecule has 2 heteroatoms. The van der Waals surface area contributed by atoms with E-state index in [2.05, 4.69) is 39.5 Å². The summed E-state index contributed by atoms with van der Waals surface area (Å²) in [6.07, 6.45) is 3.43. The average molecular weight is 213 g/mol. The van der Waals surface area contributed by atoms with Gasteiger partial charge in [0.25, 0.3) is 0 Å². The second-order valence-electron chi connectivity index (χ2n) is 6.18. The van der Waals surface area contributed by atoms with Gasteiger partial charge in [0.15, 0.2) is 0 Å². The first-order valence-electron chi connectivity index (χ1n) is 6.24. The Hall–Kier alpha value is -0.0800. The minimum atomic E-state index is 0.406. The number of morpholine rings is 1. The highest BCUT2D eigenvalue weighted by Gasteiger charge is 2.22. The lowest BCUT2D eigenvalue weighted by atomic mass is 9.90. The Morgan fingerprint density at radius 1 is 1.13 bits per heavy atom. The van der Waals surface area contributed by atoms with Gasteiger partial charge in [-0.3, -0.25) is 4.90 Å². The zero-order valence-corrected chi connectivity index (χ0v) is 11.0. The van der Waals surface area contributed by atoms with E-state index in [0.717, 1.165) is 13.1 Å². The predicted octanol–water partition coefficient (Wildman–Crippen LogP) is 2.92. The van der Waals surface area contributed by atoms with Crippen molar-refractivity contribution in [1.29, 1.82) is 0 Å². The molecule has 1 aliphatic rings. The van der Waals surface area contributed by atoms with Crippen LogP contribution in [-0.2, 0) is 4.74 Å². The fraction of sp³-hybridized carbons (Fsp3) is 1.00. The van der Waals surface area contributed by atoms with E-state index in [9.17, 15) is 0 Å². The van der Waals surface area contributed by atoms with Gasteiger partial charge < -0.3 is 4.74 Å². The van der Waals surface area contributed by atoms with Crippen molar-refractivity contribution in [1.82, 2.24) is 4.90 Å². The molecule has 0 amide bonds. The van der Waals surface area contributed by atoms with Crippen LogP contribution in [0, 0.1) is 5.41 Å². The van der Waals surface area contributed by atoms with Crippen LogP contribution in [0.5, 0.6) is 0 Å². The maximum absolute atomic E-state index is 5.72. The summed E-state index contributed by atoms with van der Waals surface area (Å²) in [5.74, 6) is 0. The van der Waals surface area contributed by atoms with Gasteiger partial charge in [-0.25, -0.2) is 0 Å². The summed E-state index contributed by atoms with van der Waals surface area (Å²) in [6, 6.07) is 0. The smallest absolute Gasteiger partial charge is 0.0678 e. The molecule has 90 valence electrons. The second kappa shape index (κ2) is 5.31. The zero-order valence-electron chi connectivity index (χ0n) is 11.0. The minimum absolute atomic E-state index is 0.406. The van der Waals surface area contributed by atoms with Crippen LogP contribution in [0.25, 0.3) is 0 Å². The molecule has 0 radical (unpaired) electrons. The largest absolute Gasteiger partial charge is 0.373 e. The fourth-order valence-corrected chi connectivity index (χ4v) is 2.30. The Labute approximate surface area is 95.0 Å². The molecule has 0 unspecified atom stereocenters. The molecule has 2 nitrogen and oxygen atoms in total. The second-order valence-corrected chi connectivity index (χ2v) is 6.18. The maximum atomic E-state index is 5.72. The highest BCUT2D eigenvalue weighted by atomic mass is 16.5. The van der Waals surface area contributed by atoms with E-state index in [4.69, 9.17) is 4.74 Å². The van der Waals surface area contributed by atoms with Crippen LogP contribution in [0.15, 0.2) is 0 Å². The molecule has 0 N–H and O–H groups in total. The van der Waals surface area contributed by atoms with Gasteiger partial charge in [0.05, 0.1) is 12.2 Å². The van der Waals surface area contributed by atoms with Crippen LogP contribution in [0.4, 0.5) is 0 Å². The molecule has 1 rings (SSSR count). The number of rotatable bonds is 3. The van der Waals surface area contributed by atoms with Gasteiger partial charge in [0, 0.05) is 13.1 Å². The summed E-state index contributed by atoms with van der Waals surface area (Å²) in [6.45, 7) is 14.7. The summed E-state index contributed by atoms with van der Waals surface area (Å²) in [7, 11) is 0. The van der Waals surface area contributed by atoms with Crippen LogP contribution >= 0.6 is 0 Å². The molecule has 1 saturated heterocycles. The monoisotopic (exact) mass is 213 g/mol. The van der Waals surface area contributed by atoms with E-state index in [1.807, 2.05) is 0 Å². The lowest BCUT2D eigenvalue weighted by Gasteiger charge is -2.35. The quantitative estimate of drug-likeness (QED) is 0.714. The molecular formula is C13H27NO. The van der Waals surface area contributed by atoms with Gasteiger partial charge in [-0.2, -0.15) is 0 Å². The molecule has 0 aromatic carbocycles. The van der Waals surface area contributed by atoms with E-state index in [-0.39, 0.29) is 0 Å². The number of hydrogen-bond acceptors (Lipinski definition) is 2. The van der Waals surface area contributed by atoms with Crippen LogP contribution < -0.4 is 0 Å². The lowest BCUT2D eigenvalue weighted by molar-refractivity contribution is -0.0685. The highest BCUT2D eigenvalue weighted by molar-refractivity contribution is 4.73. The third-order valence-electron chi connectivity index (χ3n) is 2.90. The van der Waals surface area contributed by atoms with E-state index in [1.165, 1.54) is 19.4 Å². The zero-order chi connectivity index (χ0) is 11.5. The Morgan fingerprint density at radius 3 is 2.13 bits per heavy atom. The standard InChI is InChI=1S/C13H27NO/c1-11-9-14(10-12(2)15-11)8-6-7-13(3,4)5/h11-12H,6-10H2,1-5H3/t11-,12+. The number of hydrogen-bond donors (Lipinski definition) is 0. The number of nitrogens with zero attached hydrogens (tertiary/aromatic N) is 1. The molecular weight excluding hydrogens is 186 g/mol. The Kier molecular flexibility index (Phi) is 4.60. The summed E-state index contributed by atoms with van der Waals surface area (Å²) in [4.78, 5) is 2.55. The van der Waals surface area contributed by atoms with E-state index >= 15 is 0 Å². The molecule has 0 bridgehead atoms. The molecule has 0 saturated carbocycles. The van der Waals surface area contributed by atoms with Crippen molar-refractivity contribution in [2.75, 3.05) is 19.6 Å². The molecule has 0 aliphatic carbocycles. The topological polar surface area (TPSA) is 12.5 Å². The highest BCUT2D eigenvalue weighted by Crippen LogP contribution is 2.21. The maximum Gasteiger partial charge on any atom is 0.0678 e. The third kappa shape index (κ3) is 5.53. The van der Waals surface area contributed by atoms with E-state index in [1.54, 1.807) is 0 Å². The average Bonchev–Trinajstić information content (AvgIpc) is 1.99. The molecule has 1 heterocycles. The normalized spacial score (nSPS) is 29.4. The first-order valence-corrected chi connectivity index (χ1v) is 6.24. The molecule has 0 aromatic heterocycles. The first kappa shape index (κ1) is 13.0. The summed E-state index contributed by atoms with van der Waals surface area (Å²) in [5.41, 5.74) is 0.476. The van der Waals surface area contributed by atoms with Gasteiger partial charge in [-0.05, 0) is 38.6 Å². The molecule has 0 aromatic rings. The van der Waals surface area contributed by atoms with Gasteiger partial charge in [0.2, 0.25) is 0 Å². The van der Waals surface area contributed by atoms with Crippen molar-refractivity contribution in [3.05, 3.63) is 0 Å². The fourth-order valence-electron chi connectivity index (χ4n) is 2.30. The minimum Gasteiger partial charge on any atom is -0.373 e. The predicted molar refractivity (Wildman–Crippen MR) is 65.1 cm³/mol. The summed E-state index contributed by atoms with van der Waals surface area (Å²) < 4.78 is 5.72. The Balaban J connectivity index is 2.21. The summed E-state index contributed by atoms with van der Waals surface area (Å²) >= 11 is 0. The SMILES string of the molecule is C[C@@H]1CN(CCCC(C)(C)C)C[C@H](C)O1. The van der Waals surface area contributed by atoms with Crippen molar-refractivity contribution in [2.45, 2.75) is 59.7 Å². The molecule has 2 atom stereocenters. The molecule has 1 aliphatic heterocycles. The van der Waals surface area contributed by atoms with Crippen molar-refractivity contribution < 1.29 is 4.74 Å². The third-order valence-corrected chi connectivity index (χ3v) is 2.90. The van der Waals surface area contributed by atoms with E-state index in [0.29, 0.717) is 17.6 Å². The molecule has 0 spiro atoms. The lowest BCUT2D eigenvalue weighted by Crippen LogP contribution is -2.45. The summed E-state index contributed by atoms with van der Waals surface area (Å²) in [5, 5.41) is 0. The first-order chi connectivity index (χ1) is 6.87.